The van der Waals surface area contributed by atoms with Crippen molar-refractivity contribution >= 4 is 5.91 Å². The summed E-state index contributed by atoms with van der Waals surface area (Å²) in [6.07, 6.45) is 1.88. The Balaban J connectivity index is 1.55. The molecule has 19 heavy (non-hydrogen) atoms. The molecule has 1 fully saturated rings. The van der Waals surface area contributed by atoms with Crippen LogP contribution in [-0.4, -0.2) is 32.1 Å². The molecule has 0 radical (unpaired) electrons. The van der Waals surface area contributed by atoms with Crippen molar-refractivity contribution in [2.24, 2.45) is 5.92 Å². The van der Waals surface area contributed by atoms with Crippen LogP contribution in [0.5, 0.6) is 0 Å². The summed E-state index contributed by atoms with van der Waals surface area (Å²) in [5.41, 5.74) is 1.16. The first kappa shape index (κ1) is 14.0. The number of carbonyl (C=O) groups excluding carboxylic acids is 1. The predicted molar refractivity (Wildman–Crippen MR) is 74.7 cm³/mol. The molecule has 0 aromatic heterocycles. The Kier molecular flexibility index (Phi) is 5.85. The van der Waals surface area contributed by atoms with Gasteiger partial charge in [0.25, 0.3) is 0 Å². The third kappa shape index (κ3) is 5.01. The van der Waals surface area contributed by atoms with Crippen LogP contribution in [0, 0.1) is 5.92 Å². The number of piperidine rings is 1. The van der Waals surface area contributed by atoms with E-state index in [-0.39, 0.29) is 11.8 Å². The molecule has 2 N–H and O–H groups in total. The van der Waals surface area contributed by atoms with Gasteiger partial charge in [0.1, 0.15) is 0 Å². The number of ether oxygens (including phenoxy) is 1. The van der Waals surface area contributed by atoms with Gasteiger partial charge in [-0.2, -0.15) is 0 Å². The number of hydrogen-bond donors (Lipinski definition) is 2. The van der Waals surface area contributed by atoms with E-state index in [0.29, 0.717) is 19.8 Å². The van der Waals surface area contributed by atoms with Gasteiger partial charge in [-0.15, -0.1) is 0 Å². The molecule has 4 heteroatoms. The third-order valence-electron chi connectivity index (χ3n) is 3.37. The molecule has 1 saturated heterocycles. The lowest BCUT2D eigenvalue weighted by atomic mass is 9.97. The smallest absolute Gasteiger partial charge is 0.223 e. The molecule has 0 unspecified atom stereocenters. The zero-order chi connectivity index (χ0) is 13.3. The summed E-state index contributed by atoms with van der Waals surface area (Å²) in [4.78, 5) is 11.8. The minimum Gasteiger partial charge on any atom is -0.375 e. The van der Waals surface area contributed by atoms with Gasteiger partial charge in [0, 0.05) is 12.5 Å². The first-order chi connectivity index (χ1) is 9.36. The molecule has 0 atom stereocenters. The van der Waals surface area contributed by atoms with Crippen molar-refractivity contribution in [1.82, 2.24) is 10.6 Å². The number of hydrogen-bond acceptors (Lipinski definition) is 3. The van der Waals surface area contributed by atoms with Crippen molar-refractivity contribution in [2.45, 2.75) is 19.4 Å². The number of benzene rings is 1. The molecule has 2 rings (SSSR count). The molecule has 1 aromatic rings. The molecule has 0 spiro atoms. The van der Waals surface area contributed by atoms with Crippen LogP contribution in [0.2, 0.25) is 0 Å². The fourth-order valence-corrected chi connectivity index (χ4v) is 2.24. The first-order valence-electron chi connectivity index (χ1n) is 6.96. The van der Waals surface area contributed by atoms with Crippen LogP contribution in [0.3, 0.4) is 0 Å². The lowest BCUT2D eigenvalue weighted by molar-refractivity contribution is -0.126. The number of amides is 1. The molecule has 1 heterocycles. The predicted octanol–water partition coefficient (Wildman–Crippen LogP) is 1.32. The van der Waals surface area contributed by atoms with Crippen molar-refractivity contribution in [3.8, 4) is 0 Å². The molecule has 1 amide bonds. The molecule has 0 bridgehead atoms. The normalized spacial score (nSPS) is 16.2. The van der Waals surface area contributed by atoms with Gasteiger partial charge in [-0.25, -0.2) is 0 Å². The van der Waals surface area contributed by atoms with Crippen molar-refractivity contribution in [3.05, 3.63) is 35.9 Å². The van der Waals surface area contributed by atoms with Gasteiger partial charge >= 0.3 is 0 Å². The van der Waals surface area contributed by atoms with Crippen LogP contribution < -0.4 is 10.6 Å². The average molecular weight is 262 g/mol. The largest absolute Gasteiger partial charge is 0.375 e. The lowest BCUT2D eigenvalue weighted by Gasteiger charge is -2.21. The molecule has 1 aliphatic heterocycles. The second kappa shape index (κ2) is 7.92. The highest BCUT2D eigenvalue weighted by Crippen LogP contribution is 2.10. The Morgan fingerprint density at radius 1 is 1.26 bits per heavy atom. The highest BCUT2D eigenvalue weighted by atomic mass is 16.5. The Labute approximate surface area is 114 Å². The quantitative estimate of drug-likeness (QED) is 0.760. The van der Waals surface area contributed by atoms with E-state index >= 15 is 0 Å². The van der Waals surface area contributed by atoms with Gasteiger partial charge in [-0.05, 0) is 31.5 Å². The monoisotopic (exact) mass is 262 g/mol. The second-order valence-electron chi connectivity index (χ2n) is 4.85. The van der Waals surface area contributed by atoms with E-state index in [1.165, 1.54) is 0 Å². The fraction of sp³-hybridized carbons (Fsp3) is 0.533. The van der Waals surface area contributed by atoms with E-state index in [9.17, 15) is 4.79 Å². The van der Waals surface area contributed by atoms with Gasteiger partial charge in [-0.1, -0.05) is 30.3 Å². The van der Waals surface area contributed by atoms with Crippen LogP contribution in [-0.2, 0) is 16.1 Å². The maximum Gasteiger partial charge on any atom is 0.223 e. The number of nitrogens with one attached hydrogen (secondary N) is 2. The molecule has 1 aromatic carbocycles. The van der Waals surface area contributed by atoms with Crippen LogP contribution in [0.25, 0.3) is 0 Å². The SMILES string of the molecule is O=C(NCCOCc1ccccc1)C1CCNCC1. The topological polar surface area (TPSA) is 50.4 Å². The summed E-state index contributed by atoms with van der Waals surface area (Å²) in [6, 6.07) is 10.1. The maximum absolute atomic E-state index is 11.8. The van der Waals surface area contributed by atoms with Crippen LogP contribution in [0.15, 0.2) is 30.3 Å². The number of rotatable bonds is 6. The summed E-state index contributed by atoms with van der Waals surface area (Å²) < 4.78 is 5.53. The van der Waals surface area contributed by atoms with Crippen molar-refractivity contribution in [1.29, 1.82) is 0 Å². The standard InChI is InChI=1S/C15H22N2O2/c18-15(14-6-8-16-9-7-14)17-10-11-19-12-13-4-2-1-3-5-13/h1-5,14,16H,6-12H2,(H,17,18). The van der Waals surface area contributed by atoms with Crippen molar-refractivity contribution in [2.75, 3.05) is 26.2 Å². The second-order valence-corrected chi connectivity index (χ2v) is 4.85. The Morgan fingerprint density at radius 2 is 2.00 bits per heavy atom. The average Bonchev–Trinajstić information content (AvgIpc) is 2.49. The fourth-order valence-electron chi connectivity index (χ4n) is 2.24. The van der Waals surface area contributed by atoms with E-state index in [1.54, 1.807) is 0 Å². The van der Waals surface area contributed by atoms with E-state index in [4.69, 9.17) is 4.74 Å². The minimum atomic E-state index is 0.171. The first-order valence-corrected chi connectivity index (χ1v) is 6.96. The van der Waals surface area contributed by atoms with Gasteiger partial charge in [0.2, 0.25) is 5.91 Å². The van der Waals surface area contributed by atoms with Gasteiger partial charge in [-0.3, -0.25) is 4.79 Å². The Hall–Kier alpha value is -1.39. The Bertz CT molecular complexity index is 375. The zero-order valence-electron chi connectivity index (χ0n) is 11.2. The van der Waals surface area contributed by atoms with E-state index < -0.39 is 0 Å². The summed E-state index contributed by atoms with van der Waals surface area (Å²) in [6.45, 7) is 3.65. The zero-order valence-corrected chi connectivity index (χ0v) is 11.2. The highest BCUT2D eigenvalue weighted by molar-refractivity contribution is 5.78. The van der Waals surface area contributed by atoms with E-state index in [0.717, 1.165) is 31.5 Å². The van der Waals surface area contributed by atoms with Crippen LogP contribution in [0.1, 0.15) is 18.4 Å². The molecule has 4 nitrogen and oxygen atoms in total. The molecular weight excluding hydrogens is 240 g/mol. The van der Waals surface area contributed by atoms with Crippen molar-refractivity contribution in [3.63, 3.8) is 0 Å². The molecule has 0 saturated carbocycles. The van der Waals surface area contributed by atoms with Gasteiger partial charge in [0.15, 0.2) is 0 Å². The summed E-state index contributed by atoms with van der Waals surface area (Å²) in [5.74, 6) is 0.347. The van der Waals surface area contributed by atoms with Crippen LogP contribution in [0.4, 0.5) is 0 Å². The van der Waals surface area contributed by atoms with Gasteiger partial charge < -0.3 is 15.4 Å². The third-order valence-corrected chi connectivity index (χ3v) is 3.37. The van der Waals surface area contributed by atoms with Crippen molar-refractivity contribution < 1.29 is 9.53 Å². The summed E-state index contributed by atoms with van der Waals surface area (Å²) in [5, 5.41) is 6.21. The summed E-state index contributed by atoms with van der Waals surface area (Å²) in [7, 11) is 0. The lowest BCUT2D eigenvalue weighted by Crippen LogP contribution is -2.39. The van der Waals surface area contributed by atoms with E-state index in [2.05, 4.69) is 10.6 Å². The van der Waals surface area contributed by atoms with Crippen LogP contribution >= 0.6 is 0 Å². The van der Waals surface area contributed by atoms with Gasteiger partial charge in [0.05, 0.1) is 13.2 Å². The molecular formula is C15H22N2O2. The summed E-state index contributed by atoms with van der Waals surface area (Å²) >= 11 is 0. The maximum atomic E-state index is 11.8. The number of carbonyl (C=O) groups is 1. The minimum absolute atomic E-state index is 0.171. The molecule has 1 aliphatic rings. The van der Waals surface area contributed by atoms with E-state index in [1.807, 2.05) is 30.3 Å². The Morgan fingerprint density at radius 3 is 2.74 bits per heavy atom. The highest BCUT2D eigenvalue weighted by Gasteiger charge is 2.19. The molecule has 0 aliphatic carbocycles. The molecule has 104 valence electrons.